The summed E-state index contributed by atoms with van der Waals surface area (Å²) in [5.41, 5.74) is 2.30. The Morgan fingerprint density at radius 2 is 1.69 bits per heavy atom. The average Bonchev–Trinajstić information content (AvgIpc) is 2.66. The Hall–Kier alpha value is -2.60. The molecule has 1 atom stereocenters. The lowest BCUT2D eigenvalue weighted by Gasteiger charge is -2.14. The summed E-state index contributed by atoms with van der Waals surface area (Å²) >= 11 is 1.14. The lowest BCUT2D eigenvalue weighted by atomic mass is 10.1. The smallest absolute Gasteiger partial charge is 0.307 e. The quantitative estimate of drug-likeness (QED) is 0.568. The molecule has 0 spiro atoms. The maximum atomic E-state index is 12.6. The number of aryl methyl sites for hydroxylation is 1. The molecule has 2 aromatic rings. The molecule has 1 unspecified atom stereocenters. The van der Waals surface area contributed by atoms with Crippen LogP contribution in [0.5, 0.6) is 0 Å². The SMILES string of the molecule is COC(=O)CC(SCC(=O)Nc1ccc(C)cc1)C(=O)c1ccccc1. The van der Waals surface area contributed by atoms with Gasteiger partial charge in [0, 0.05) is 11.3 Å². The van der Waals surface area contributed by atoms with E-state index in [1.165, 1.54) is 7.11 Å². The highest BCUT2D eigenvalue weighted by atomic mass is 32.2. The summed E-state index contributed by atoms with van der Waals surface area (Å²) in [5.74, 6) is -0.835. The molecule has 6 heteroatoms. The number of esters is 1. The van der Waals surface area contributed by atoms with Crippen molar-refractivity contribution in [1.82, 2.24) is 0 Å². The van der Waals surface area contributed by atoms with Crippen molar-refractivity contribution in [1.29, 1.82) is 0 Å². The molecule has 0 saturated heterocycles. The highest BCUT2D eigenvalue weighted by molar-refractivity contribution is 8.01. The Labute approximate surface area is 157 Å². The van der Waals surface area contributed by atoms with Gasteiger partial charge in [-0.1, -0.05) is 48.0 Å². The maximum absolute atomic E-state index is 12.6. The van der Waals surface area contributed by atoms with Gasteiger partial charge in [0.05, 0.1) is 24.5 Å². The van der Waals surface area contributed by atoms with Gasteiger partial charge in [0.2, 0.25) is 5.91 Å². The van der Waals surface area contributed by atoms with Crippen molar-refractivity contribution >= 4 is 35.1 Å². The largest absolute Gasteiger partial charge is 0.469 e. The van der Waals surface area contributed by atoms with E-state index in [2.05, 4.69) is 10.1 Å². The number of hydrogen-bond acceptors (Lipinski definition) is 5. The molecule has 5 nitrogen and oxygen atoms in total. The van der Waals surface area contributed by atoms with Crippen LogP contribution in [0.2, 0.25) is 0 Å². The third-order valence-corrected chi connectivity index (χ3v) is 4.89. The van der Waals surface area contributed by atoms with Crippen molar-refractivity contribution in [2.75, 3.05) is 18.2 Å². The van der Waals surface area contributed by atoms with Crippen molar-refractivity contribution in [2.24, 2.45) is 0 Å². The van der Waals surface area contributed by atoms with E-state index in [9.17, 15) is 14.4 Å². The van der Waals surface area contributed by atoms with Gasteiger partial charge in [-0.05, 0) is 19.1 Å². The fourth-order valence-corrected chi connectivity index (χ4v) is 3.23. The predicted octanol–water partition coefficient (Wildman–Crippen LogP) is 3.48. The Kier molecular flexibility index (Phi) is 7.41. The van der Waals surface area contributed by atoms with Crippen LogP contribution >= 0.6 is 11.8 Å². The lowest BCUT2D eigenvalue weighted by molar-refractivity contribution is -0.140. The predicted molar refractivity (Wildman–Crippen MR) is 103 cm³/mol. The van der Waals surface area contributed by atoms with Gasteiger partial charge in [0.1, 0.15) is 0 Å². The highest BCUT2D eigenvalue weighted by Gasteiger charge is 2.25. The van der Waals surface area contributed by atoms with E-state index in [0.29, 0.717) is 11.3 Å². The third kappa shape index (κ3) is 6.04. The summed E-state index contributed by atoms with van der Waals surface area (Å²) in [6.07, 6.45) is -0.0767. The van der Waals surface area contributed by atoms with Gasteiger partial charge in [-0.25, -0.2) is 0 Å². The molecular formula is C20H21NO4S. The second-order valence-corrected chi connectivity index (χ2v) is 6.92. The summed E-state index contributed by atoms with van der Waals surface area (Å²) in [4.78, 5) is 36.4. The van der Waals surface area contributed by atoms with Crippen molar-refractivity contribution in [3.05, 3.63) is 65.7 Å². The normalized spacial score (nSPS) is 11.5. The summed E-state index contributed by atoms with van der Waals surface area (Å²) in [6, 6.07) is 16.2. The van der Waals surface area contributed by atoms with Crippen LogP contribution < -0.4 is 5.32 Å². The number of thioether (sulfide) groups is 1. The fraction of sp³-hybridized carbons (Fsp3) is 0.250. The number of methoxy groups -OCH3 is 1. The molecule has 0 aliphatic heterocycles. The Bertz CT molecular complexity index is 759. The molecule has 0 aliphatic carbocycles. The molecule has 1 amide bonds. The molecule has 0 aliphatic rings. The molecule has 0 aromatic heterocycles. The number of benzene rings is 2. The first-order valence-electron chi connectivity index (χ1n) is 8.14. The fourth-order valence-electron chi connectivity index (χ4n) is 2.26. The molecule has 1 N–H and O–H groups in total. The number of ketones is 1. The maximum Gasteiger partial charge on any atom is 0.307 e. The van der Waals surface area contributed by atoms with Gasteiger partial charge in [0.25, 0.3) is 0 Å². The third-order valence-electron chi connectivity index (χ3n) is 3.68. The minimum atomic E-state index is -0.673. The lowest BCUT2D eigenvalue weighted by Crippen LogP contribution is -2.25. The molecule has 0 saturated carbocycles. The summed E-state index contributed by atoms with van der Waals surface area (Å²) in [5, 5.41) is 2.11. The number of hydrogen-bond donors (Lipinski definition) is 1. The van der Waals surface area contributed by atoms with Crippen LogP contribution in [0.4, 0.5) is 5.69 Å². The molecule has 0 bridgehead atoms. The number of ether oxygens (including phenoxy) is 1. The molecule has 0 heterocycles. The summed E-state index contributed by atoms with van der Waals surface area (Å²) < 4.78 is 4.68. The first-order chi connectivity index (χ1) is 12.5. The van der Waals surface area contributed by atoms with Crippen LogP contribution in [0, 0.1) is 6.92 Å². The van der Waals surface area contributed by atoms with Crippen LogP contribution in [0.1, 0.15) is 22.3 Å². The Balaban J connectivity index is 1.99. The van der Waals surface area contributed by atoms with E-state index in [4.69, 9.17) is 0 Å². The standard InChI is InChI=1S/C20H21NO4S/c1-14-8-10-16(11-9-14)21-18(22)13-26-17(12-19(23)25-2)20(24)15-6-4-3-5-7-15/h3-11,17H,12-13H2,1-2H3,(H,21,22). The van der Waals surface area contributed by atoms with E-state index in [0.717, 1.165) is 17.3 Å². The van der Waals surface area contributed by atoms with Crippen LogP contribution in [0.25, 0.3) is 0 Å². The van der Waals surface area contributed by atoms with E-state index < -0.39 is 11.2 Å². The summed E-state index contributed by atoms with van der Waals surface area (Å²) in [6.45, 7) is 1.97. The number of carbonyl (C=O) groups excluding carboxylic acids is 3. The zero-order valence-electron chi connectivity index (χ0n) is 14.7. The van der Waals surface area contributed by atoms with Gasteiger partial charge in [-0.15, -0.1) is 11.8 Å². The van der Waals surface area contributed by atoms with E-state index in [-0.39, 0.29) is 23.9 Å². The van der Waals surface area contributed by atoms with Crippen molar-refractivity contribution < 1.29 is 19.1 Å². The van der Waals surface area contributed by atoms with Crippen LogP contribution in [0.15, 0.2) is 54.6 Å². The number of anilines is 1. The van der Waals surface area contributed by atoms with Crippen molar-refractivity contribution in [2.45, 2.75) is 18.6 Å². The van der Waals surface area contributed by atoms with E-state index >= 15 is 0 Å². The van der Waals surface area contributed by atoms with E-state index in [1.54, 1.807) is 24.3 Å². The molecule has 2 rings (SSSR count). The Morgan fingerprint density at radius 3 is 2.31 bits per heavy atom. The van der Waals surface area contributed by atoms with Gasteiger partial charge in [0.15, 0.2) is 5.78 Å². The highest BCUT2D eigenvalue weighted by Crippen LogP contribution is 2.21. The van der Waals surface area contributed by atoms with Gasteiger partial charge < -0.3 is 10.1 Å². The molecule has 136 valence electrons. The monoisotopic (exact) mass is 371 g/mol. The van der Waals surface area contributed by atoms with Crippen LogP contribution in [0.3, 0.4) is 0 Å². The second kappa shape index (κ2) is 9.77. The summed E-state index contributed by atoms with van der Waals surface area (Å²) in [7, 11) is 1.28. The van der Waals surface area contributed by atoms with Gasteiger partial charge in [-0.3, -0.25) is 14.4 Å². The van der Waals surface area contributed by atoms with Crippen LogP contribution in [-0.4, -0.2) is 35.8 Å². The molecule has 0 fully saturated rings. The van der Waals surface area contributed by atoms with E-state index in [1.807, 2.05) is 37.3 Å². The zero-order valence-corrected chi connectivity index (χ0v) is 15.5. The van der Waals surface area contributed by atoms with Crippen LogP contribution in [-0.2, 0) is 14.3 Å². The van der Waals surface area contributed by atoms with Crippen molar-refractivity contribution in [3.63, 3.8) is 0 Å². The zero-order chi connectivity index (χ0) is 18.9. The minimum Gasteiger partial charge on any atom is -0.469 e. The number of rotatable bonds is 8. The minimum absolute atomic E-state index is 0.0636. The Morgan fingerprint density at radius 1 is 1.04 bits per heavy atom. The first-order valence-corrected chi connectivity index (χ1v) is 9.18. The second-order valence-electron chi connectivity index (χ2n) is 5.72. The average molecular weight is 371 g/mol. The number of Topliss-reactive ketones (excluding diaryl/α,β-unsaturated/α-hetero) is 1. The van der Waals surface area contributed by atoms with Crippen molar-refractivity contribution in [3.8, 4) is 0 Å². The molecule has 2 aromatic carbocycles. The molecule has 0 radical (unpaired) electrons. The topological polar surface area (TPSA) is 72.5 Å². The number of nitrogens with one attached hydrogen (secondary N) is 1. The van der Waals surface area contributed by atoms with Gasteiger partial charge >= 0.3 is 5.97 Å². The number of carbonyl (C=O) groups is 3. The molecule has 26 heavy (non-hydrogen) atoms. The first kappa shape index (κ1) is 19.7. The molecular weight excluding hydrogens is 350 g/mol. The van der Waals surface area contributed by atoms with Gasteiger partial charge in [-0.2, -0.15) is 0 Å². The number of amides is 1.